The van der Waals surface area contributed by atoms with Crippen LogP contribution in [0.1, 0.15) is 40.0 Å². The summed E-state index contributed by atoms with van der Waals surface area (Å²) in [5.74, 6) is 0.500. The van der Waals surface area contributed by atoms with Crippen molar-refractivity contribution in [1.29, 1.82) is 0 Å². The Morgan fingerprint density at radius 2 is 2.00 bits per heavy atom. The van der Waals surface area contributed by atoms with Crippen molar-refractivity contribution in [1.82, 2.24) is 10.6 Å². The van der Waals surface area contributed by atoms with Gasteiger partial charge in [-0.2, -0.15) is 0 Å². The van der Waals surface area contributed by atoms with Crippen molar-refractivity contribution in [3.8, 4) is 0 Å². The molecule has 0 aliphatic heterocycles. The summed E-state index contributed by atoms with van der Waals surface area (Å²) in [7, 11) is 1.94. The van der Waals surface area contributed by atoms with E-state index in [4.69, 9.17) is 5.73 Å². The number of allylic oxidation sites excluding steroid dienone is 1. The van der Waals surface area contributed by atoms with Crippen LogP contribution >= 0.6 is 0 Å². The van der Waals surface area contributed by atoms with Crippen LogP contribution in [0.15, 0.2) is 12.2 Å². The fourth-order valence-corrected chi connectivity index (χ4v) is 1.26. The summed E-state index contributed by atoms with van der Waals surface area (Å²) in [5, 5.41) is 6.55. The average Bonchev–Trinajstić information content (AvgIpc) is 2.26. The van der Waals surface area contributed by atoms with E-state index in [-0.39, 0.29) is 12.3 Å². The van der Waals surface area contributed by atoms with Crippen LogP contribution in [0.25, 0.3) is 0 Å². The third-order valence-electron chi connectivity index (χ3n) is 2.72. The van der Waals surface area contributed by atoms with Gasteiger partial charge in [-0.1, -0.05) is 45.8 Å². The Bertz CT molecular complexity index is 168. The predicted molar refractivity (Wildman–Crippen MR) is 67.5 cm³/mol. The highest BCUT2D eigenvalue weighted by Gasteiger charge is 2.12. The highest BCUT2D eigenvalue weighted by molar-refractivity contribution is 4.92. The van der Waals surface area contributed by atoms with Crippen LogP contribution in [-0.4, -0.2) is 19.4 Å². The summed E-state index contributed by atoms with van der Waals surface area (Å²) in [6.45, 7) is 6.50. The normalized spacial score (nSPS) is 17.9. The van der Waals surface area contributed by atoms with Crippen molar-refractivity contribution < 1.29 is 0 Å². The number of nitrogens with two attached hydrogens (primary N) is 1. The van der Waals surface area contributed by atoms with Crippen molar-refractivity contribution in [3.05, 3.63) is 12.2 Å². The lowest BCUT2D eigenvalue weighted by Crippen LogP contribution is -2.51. The van der Waals surface area contributed by atoms with Crippen molar-refractivity contribution in [2.24, 2.45) is 11.7 Å². The van der Waals surface area contributed by atoms with Crippen LogP contribution < -0.4 is 16.4 Å². The Balaban J connectivity index is 3.97. The zero-order valence-electron chi connectivity index (χ0n) is 10.6. The number of hydrogen-bond donors (Lipinski definition) is 3. The molecule has 15 heavy (non-hydrogen) atoms. The van der Waals surface area contributed by atoms with Gasteiger partial charge < -0.3 is 11.1 Å². The Hall–Kier alpha value is -0.380. The fraction of sp³-hybridized carbons (Fsp3) is 0.833. The third-order valence-corrected chi connectivity index (χ3v) is 2.72. The smallest absolute Gasteiger partial charge is 0.0773 e. The molecule has 0 spiro atoms. The van der Waals surface area contributed by atoms with Crippen LogP contribution in [0.2, 0.25) is 0 Å². The topological polar surface area (TPSA) is 50.1 Å². The molecule has 0 heterocycles. The van der Waals surface area contributed by atoms with Crippen LogP contribution in [-0.2, 0) is 0 Å². The second kappa shape index (κ2) is 8.89. The first-order valence-electron chi connectivity index (χ1n) is 6.01. The van der Waals surface area contributed by atoms with Crippen molar-refractivity contribution in [2.45, 2.75) is 52.4 Å². The van der Waals surface area contributed by atoms with Gasteiger partial charge in [-0.25, -0.2) is 0 Å². The number of rotatable bonds is 8. The summed E-state index contributed by atoms with van der Waals surface area (Å²) in [4.78, 5) is 0. The quantitative estimate of drug-likeness (QED) is 0.426. The molecule has 0 aliphatic carbocycles. The highest BCUT2D eigenvalue weighted by Crippen LogP contribution is 2.03. The molecule has 4 N–H and O–H groups in total. The molecule has 90 valence electrons. The molecule has 0 saturated heterocycles. The Morgan fingerprint density at radius 3 is 2.47 bits per heavy atom. The van der Waals surface area contributed by atoms with Gasteiger partial charge >= 0.3 is 0 Å². The average molecular weight is 213 g/mol. The van der Waals surface area contributed by atoms with Crippen molar-refractivity contribution in [3.63, 3.8) is 0 Å². The summed E-state index contributed by atoms with van der Waals surface area (Å²) in [6.07, 6.45) is 7.98. The fourth-order valence-electron chi connectivity index (χ4n) is 1.26. The van der Waals surface area contributed by atoms with Gasteiger partial charge in [0, 0.05) is 0 Å². The first-order valence-corrected chi connectivity index (χ1v) is 6.01. The SMILES string of the molecule is CCCC=CC(NC)NC(N)C(C)CC. The molecule has 0 rings (SSSR count). The van der Waals surface area contributed by atoms with E-state index < -0.39 is 0 Å². The maximum Gasteiger partial charge on any atom is 0.0773 e. The Morgan fingerprint density at radius 1 is 1.33 bits per heavy atom. The minimum absolute atomic E-state index is 0.0544. The molecule has 0 fully saturated rings. The summed E-state index contributed by atoms with van der Waals surface area (Å²) < 4.78 is 0. The second-order valence-electron chi connectivity index (χ2n) is 4.06. The van der Waals surface area contributed by atoms with Crippen LogP contribution in [0.4, 0.5) is 0 Å². The molecule has 0 aromatic rings. The molecule has 0 aliphatic rings. The molecule has 0 saturated carbocycles. The number of hydrogen-bond acceptors (Lipinski definition) is 3. The van der Waals surface area contributed by atoms with Gasteiger partial charge in [0.1, 0.15) is 0 Å². The van der Waals surface area contributed by atoms with E-state index in [2.05, 4.69) is 43.6 Å². The molecule has 3 atom stereocenters. The van der Waals surface area contributed by atoms with E-state index in [1.165, 1.54) is 6.42 Å². The summed E-state index contributed by atoms with van der Waals surface area (Å²) in [5.41, 5.74) is 6.02. The van der Waals surface area contributed by atoms with E-state index in [0.717, 1.165) is 12.8 Å². The van der Waals surface area contributed by atoms with Gasteiger partial charge in [-0.3, -0.25) is 5.32 Å². The number of unbranched alkanes of at least 4 members (excludes halogenated alkanes) is 1. The van der Waals surface area contributed by atoms with Gasteiger partial charge in [0.05, 0.1) is 12.3 Å². The highest BCUT2D eigenvalue weighted by atomic mass is 15.2. The molecule has 0 aromatic carbocycles. The zero-order valence-corrected chi connectivity index (χ0v) is 10.6. The standard InChI is InChI=1S/C12H27N3/c1-5-7-8-9-11(14-4)15-12(13)10(3)6-2/h8-12,14-15H,5-7,13H2,1-4H3. The third kappa shape index (κ3) is 6.66. The molecular weight excluding hydrogens is 186 g/mol. The molecule has 3 heteroatoms. The molecule has 0 bridgehead atoms. The molecule has 0 radical (unpaired) electrons. The van der Waals surface area contributed by atoms with Gasteiger partial charge in [-0.15, -0.1) is 0 Å². The Labute approximate surface area is 94.5 Å². The van der Waals surface area contributed by atoms with Crippen molar-refractivity contribution in [2.75, 3.05) is 7.05 Å². The molecule has 3 nitrogen and oxygen atoms in total. The van der Waals surface area contributed by atoms with Gasteiger partial charge in [0.15, 0.2) is 0 Å². The molecular formula is C12H27N3. The largest absolute Gasteiger partial charge is 0.316 e. The number of likely N-dealkylation sites (N-methyl/N-ethyl adjacent to an activating group) is 1. The maximum atomic E-state index is 6.02. The molecule has 0 amide bonds. The maximum absolute atomic E-state index is 6.02. The van der Waals surface area contributed by atoms with Crippen LogP contribution in [0, 0.1) is 5.92 Å². The lowest BCUT2D eigenvalue weighted by molar-refractivity contribution is 0.340. The zero-order chi connectivity index (χ0) is 11.7. The second-order valence-corrected chi connectivity index (χ2v) is 4.06. The van der Waals surface area contributed by atoms with E-state index >= 15 is 0 Å². The summed E-state index contributed by atoms with van der Waals surface area (Å²) in [6, 6.07) is 0. The van der Waals surface area contributed by atoms with Gasteiger partial charge in [0.2, 0.25) is 0 Å². The van der Waals surface area contributed by atoms with E-state index in [9.17, 15) is 0 Å². The minimum Gasteiger partial charge on any atom is -0.316 e. The monoisotopic (exact) mass is 213 g/mol. The van der Waals surface area contributed by atoms with E-state index in [1.54, 1.807) is 0 Å². The summed E-state index contributed by atoms with van der Waals surface area (Å²) >= 11 is 0. The first-order chi connectivity index (χ1) is 7.15. The number of nitrogens with one attached hydrogen (secondary N) is 2. The lowest BCUT2D eigenvalue weighted by atomic mass is 10.1. The van der Waals surface area contributed by atoms with Crippen LogP contribution in [0.5, 0.6) is 0 Å². The predicted octanol–water partition coefficient (Wildman–Crippen LogP) is 1.81. The molecule has 0 aromatic heterocycles. The first kappa shape index (κ1) is 14.6. The van der Waals surface area contributed by atoms with Gasteiger partial charge in [0.25, 0.3) is 0 Å². The van der Waals surface area contributed by atoms with Crippen LogP contribution in [0.3, 0.4) is 0 Å². The molecule has 3 unspecified atom stereocenters. The Kier molecular flexibility index (Phi) is 8.67. The van der Waals surface area contributed by atoms with Gasteiger partial charge in [-0.05, 0) is 19.4 Å². The van der Waals surface area contributed by atoms with E-state index in [0.29, 0.717) is 5.92 Å². The lowest BCUT2D eigenvalue weighted by Gasteiger charge is -2.24. The minimum atomic E-state index is 0.0544. The van der Waals surface area contributed by atoms with E-state index in [1.807, 2.05) is 7.05 Å². The van der Waals surface area contributed by atoms with Crippen molar-refractivity contribution >= 4 is 0 Å².